The van der Waals surface area contributed by atoms with E-state index in [-0.39, 0.29) is 11.5 Å². The number of rotatable bonds is 9. The standard InChI is InChI=1S/C26H37N7O2/c1-5-13-30-15-17-31(18-16-30)14-9-12-27-25(34)21(4)33-26(35)23-20(3)32(22-10-7-6-8-11-22)29-24(23)19(2)28-33/h6-8,10-11,21H,5,9,12-18H2,1-4H3,(H,27,34). The van der Waals surface area contributed by atoms with Crippen LogP contribution in [-0.4, -0.2) is 81.1 Å². The van der Waals surface area contributed by atoms with Crippen molar-refractivity contribution in [2.24, 2.45) is 0 Å². The summed E-state index contributed by atoms with van der Waals surface area (Å²) in [6.07, 6.45) is 2.08. The smallest absolute Gasteiger partial charge is 0.278 e. The largest absolute Gasteiger partial charge is 0.354 e. The summed E-state index contributed by atoms with van der Waals surface area (Å²) in [6, 6.07) is 8.99. The van der Waals surface area contributed by atoms with Gasteiger partial charge in [0, 0.05) is 32.7 Å². The molecule has 9 nitrogen and oxygen atoms in total. The van der Waals surface area contributed by atoms with Crippen molar-refractivity contribution in [3.05, 3.63) is 52.1 Å². The van der Waals surface area contributed by atoms with Crippen LogP contribution in [0.2, 0.25) is 0 Å². The maximum Gasteiger partial charge on any atom is 0.278 e. The van der Waals surface area contributed by atoms with Gasteiger partial charge in [-0.15, -0.1) is 0 Å². The first-order chi connectivity index (χ1) is 16.9. The molecular formula is C26H37N7O2. The van der Waals surface area contributed by atoms with E-state index in [0.717, 1.165) is 50.5 Å². The molecule has 1 aliphatic rings. The molecule has 0 aliphatic carbocycles. The number of fused-ring (bicyclic) bond motifs is 1. The molecule has 1 unspecified atom stereocenters. The SMILES string of the molecule is CCCN1CCN(CCCNC(=O)C(C)n2nc(C)c3nn(-c4ccccc4)c(C)c3c2=O)CC1. The van der Waals surface area contributed by atoms with Crippen LogP contribution in [0, 0.1) is 13.8 Å². The lowest BCUT2D eigenvalue weighted by Gasteiger charge is -2.34. The van der Waals surface area contributed by atoms with Gasteiger partial charge in [-0.1, -0.05) is 25.1 Å². The maximum atomic E-state index is 13.4. The lowest BCUT2D eigenvalue weighted by molar-refractivity contribution is -0.124. The van der Waals surface area contributed by atoms with Crippen LogP contribution in [0.1, 0.15) is 44.1 Å². The Morgan fingerprint density at radius 1 is 1.03 bits per heavy atom. The molecule has 1 atom stereocenters. The average molecular weight is 480 g/mol. The maximum absolute atomic E-state index is 13.4. The first-order valence-electron chi connectivity index (χ1n) is 12.7. The zero-order valence-corrected chi connectivity index (χ0v) is 21.3. The topological polar surface area (TPSA) is 88.3 Å². The molecule has 1 amide bonds. The second-order valence-electron chi connectivity index (χ2n) is 9.40. The second-order valence-corrected chi connectivity index (χ2v) is 9.40. The van der Waals surface area contributed by atoms with Crippen LogP contribution in [0.25, 0.3) is 16.6 Å². The normalized spacial score (nSPS) is 16.0. The van der Waals surface area contributed by atoms with Crippen molar-refractivity contribution in [3.63, 3.8) is 0 Å². The Kier molecular flexibility index (Phi) is 7.97. The van der Waals surface area contributed by atoms with Crippen LogP contribution in [0.5, 0.6) is 0 Å². The van der Waals surface area contributed by atoms with Crippen LogP contribution in [-0.2, 0) is 4.79 Å². The van der Waals surface area contributed by atoms with Gasteiger partial charge in [-0.3, -0.25) is 9.59 Å². The Morgan fingerprint density at radius 3 is 2.34 bits per heavy atom. The van der Waals surface area contributed by atoms with Gasteiger partial charge in [-0.2, -0.15) is 10.2 Å². The van der Waals surface area contributed by atoms with E-state index >= 15 is 0 Å². The van der Waals surface area contributed by atoms with Crippen LogP contribution in [0.15, 0.2) is 35.1 Å². The van der Waals surface area contributed by atoms with Crippen LogP contribution >= 0.6 is 0 Å². The number of nitrogens with one attached hydrogen (secondary N) is 1. The van der Waals surface area contributed by atoms with E-state index in [1.165, 1.54) is 17.6 Å². The minimum atomic E-state index is -0.706. The van der Waals surface area contributed by atoms with Gasteiger partial charge in [0.1, 0.15) is 11.6 Å². The van der Waals surface area contributed by atoms with Crippen LogP contribution < -0.4 is 10.9 Å². The van der Waals surface area contributed by atoms with Crippen molar-refractivity contribution in [2.45, 2.75) is 46.6 Å². The molecule has 0 saturated carbocycles. The lowest BCUT2D eigenvalue weighted by atomic mass is 10.2. The number of hydrogen-bond acceptors (Lipinski definition) is 6. The number of benzene rings is 1. The lowest BCUT2D eigenvalue weighted by Crippen LogP contribution is -2.47. The number of hydrogen-bond donors (Lipinski definition) is 1. The van der Waals surface area contributed by atoms with Gasteiger partial charge in [-0.05, 0) is 58.8 Å². The third-order valence-corrected chi connectivity index (χ3v) is 6.84. The van der Waals surface area contributed by atoms with E-state index in [9.17, 15) is 9.59 Å². The fraction of sp³-hybridized carbons (Fsp3) is 0.538. The Labute approximate surface area is 206 Å². The van der Waals surface area contributed by atoms with E-state index < -0.39 is 6.04 Å². The molecule has 0 bridgehead atoms. The third kappa shape index (κ3) is 5.46. The summed E-state index contributed by atoms with van der Waals surface area (Å²) < 4.78 is 3.06. The summed E-state index contributed by atoms with van der Waals surface area (Å²) in [5.41, 5.74) is 2.52. The second kappa shape index (κ2) is 11.1. The fourth-order valence-electron chi connectivity index (χ4n) is 4.79. The summed E-state index contributed by atoms with van der Waals surface area (Å²) in [6.45, 7) is 14.8. The zero-order valence-electron chi connectivity index (χ0n) is 21.3. The minimum absolute atomic E-state index is 0.195. The van der Waals surface area contributed by atoms with Gasteiger partial charge in [0.2, 0.25) is 5.91 Å². The number of carbonyl (C=O) groups is 1. The highest BCUT2D eigenvalue weighted by Crippen LogP contribution is 2.20. The first-order valence-corrected chi connectivity index (χ1v) is 12.7. The van der Waals surface area contributed by atoms with Crippen LogP contribution in [0.4, 0.5) is 0 Å². The van der Waals surface area contributed by atoms with Crippen molar-refractivity contribution >= 4 is 16.8 Å². The predicted molar refractivity (Wildman–Crippen MR) is 138 cm³/mol. The minimum Gasteiger partial charge on any atom is -0.354 e. The van der Waals surface area contributed by atoms with E-state index in [4.69, 9.17) is 0 Å². The molecule has 3 aromatic rings. The molecule has 1 aromatic carbocycles. The Balaban J connectivity index is 1.40. The molecule has 188 valence electrons. The number of nitrogens with zero attached hydrogens (tertiary/aromatic N) is 6. The fourth-order valence-corrected chi connectivity index (χ4v) is 4.79. The van der Waals surface area contributed by atoms with Crippen molar-refractivity contribution < 1.29 is 4.79 Å². The Hall–Kier alpha value is -3.04. The van der Waals surface area contributed by atoms with E-state index in [0.29, 0.717) is 23.1 Å². The molecule has 1 N–H and O–H groups in total. The third-order valence-electron chi connectivity index (χ3n) is 6.84. The molecule has 35 heavy (non-hydrogen) atoms. The quantitative estimate of drug-likeness (QED) is 0.474. The molecule has 9 heteroatoms. The van der Waals surface area contributed by atoms with Crippen LogP contribution in [0.3, 0.4) is 0 Å². The monoisotopic (exact) mass is 479 g/mol. The number of para-hydroxylation sites is 1. The van der Waals surface area contributed by atoms with Gasteiger partial charge < -0.3 is 15.1 Å². The van der Waals surface area contributed by atoms with Crippen molar-refractivity contribution in [1.82, 2.24) is 34.7 Å². The Morgan fingerprint density at radius 2 is 1.69 bits per heavy atom. The first kappa shape index (κ1) is 25.1. The molecule has 1 aliphatic heterocycles. The van der Waals surface area contributed by atoms with Gasteiger partial charge in [0.25, 0.3) is 5.56 Å². The number of aromatic nitrogens is 4. The number of piperazine rings is 1. The van der Waals surface area contributed by atoms with E-state index in [1.807, 2.05) is 44.2 Å². The zero-order chi connectivity index (χ0) is 24.9. The van der Waals surface area contributed by atoms with Gasteiger partial charge in [0.05, 0.1) is 22.5 Å². The predicted octanol–water partition coefficient (Wildman–Crippen LogP) is 2.29. The summed E-state index contributed by atoms with van der Waals surface area (Å²) >= 11 is 0. The summed E-state index contributed by atoms with van der Waals surface area (Å²) in [5.74, 6) is -0.195. The summed E-state index contributed by atoms with van der Waals surface area (Å²) in [7, 11) is 0. The van der Waals surface area contributed by atoms with Gasteiger partial charge in [-0.25, -0.2) is 9.36 Å². The van der Waals surface area contributed by atoms with Gasteiger partial charge in [0.15, 0.2) is 0 Å². The van der Waals surface area contributed by atoms with Crippen molar-refractivity contribution in [1.29, 1.82) is 0 Å². The van der Waals surface area contributed by atoms with E-state index in [1.54, 1.807) is 11.6 Å². The highest BCUT2D eigenvalue weighted by molar-refractivity contribution is 5.84. The number of amides is 1. The number of carbonyl (C=O) groups excluding carboxylic acids is 1. The van der Waals surface area contributed by atoms with Crippen molar-refractivity contribution in [2.75, 3.05) is 45.8 Å². The molecule has 1 saturated heterocycles. The molecule has 3 heterocycles. The Bertz CT molecular complexity index is 1210. The molecule has 0 spiro atoms. The molecule has 4 rings (SSSR count). The van der Waals surface area contributed by atoms with Gasteiger partial charge >= 0.3 is 0 Å². The summed E-state index contributed by atoms with van der Waals surface area (Å²) in [5, 5.41) is 12.6. The summed E-state index contributed by atoms with van der Waals surface area (Å²) in [4.78, 5) is 31.2. The molecule has 0 radical (unpaired) electrons. The van der Waals surface area contributed by atoms with Crippen molar-refractivity contribution in [3.8, 4) is 5.69 Å². The molecule has 2 aromatic heterocycles. The molecular weight excluding hydrogens is 442 g/mol. The highest BCUT2D eigenvalue weighted by atomic mass is 16.2. The molecule has 1 fully saturated rings. The highest BCUT2D eigenvalue weighted by Gasteiger charge is 2.23. The van der Waals surface area contributed by atoms with E-state index in [2.05, 4.69) is 32.2 Å². The average Bonchev–Trinajstić information content (AvgIpc) is 3.23. The number of aryl methyl sites for hydroxylation is 2.